The largest absolute Gasteiger partial charge is 0.338 e. The molecule has 0 saturated heterocycles. The minimum absolute atomic E-state index is 0.00193. The fourth-order valence-corrected chi connectivity index (χ4v) is 5.05. The number of para-hydroxylation sites is 1. The molecule has 5 aromatic rings. The summed E-state index contributed by atoms with van der Waals surface area (Å²) < 4.78 is 31.9. The van der Waals surface area contributed by atoms with Crippen molar-refractivity contribution in [1.82, 2.24) is 19.3 Å². The van der Waals surface area contributed by atoms with Crippen LogP contribution in [-0.2, 0) is 17.1 Å². The van der Waals surface area contributed by atoms with Crippen LogP contribution in [0.1, 0.15) is 5.69 Å². The van der Waals surface area contributed by atoms with Crippen molar-refractivity contribution in [3.63, 3.8) is 0 Å². The van der Waals surface area contributed by atoms with Gasteiger partial charge in [0.1, 0.15) is 11.5 Å². The molecule has 3 aromatic carbocycles. The van der Waals surface area contributed by atoms with E-state index in [1.807, 2.05) is 30.3 Å². The van der Waals surface area contributed by atoms with Crippen molar-refractivity contribution in [2.45, 2.75) is 11.8 Å². The van der Waals surface area contributed by atoms with Crippen LogP contribution >= 0.6 is 11.6 Å². The fourth-order valence-electron chi connectivity index (χ4n) is 3.78. The molecule has 172 valence electrons. The van der Waals surface area contributed by atoms with Crippen molar-refractivity contribution < 1.29 is 8.42 Å². The van der Waals surface area contributed by atoms with Gasteiger partial charge in [-0.05, 0) is 61.5 Å². The predicted molar refractivity (Wildman–Crippen MR) is 133 cm³/mol. The van der Waals surface area contributed by atoms with E-state index < -0.39 is 15.6 Å². The van der Waals surface area contributed by atoms with Gasteiger partial charge in [-0.15, -0.1) is 0 Å². The second-order valence-corrected chi connectivity index (χ2v) is 9.93. The highest BCUT2D eigenvalue weighted by Gasteiger charge is 2.23. The van der Waals surface area contributed by atoms with Crippen LogP contribution in [0.25, 0.3) is 28.1 Å². The zero-order valence-corrected chi connectivity index (χ0v) is 19.9. The summed E-state index contributed by atoms with van der Waals surface area (Å²) in [5, 5.41) is 0.613. The van der Waals surface area contributed by atoms with Gasteiger partial charge in [-0.25, -0.2) is 18.1 Å². The van der Waals surface area contributed by atoms with E-state index in [2.05, 4.69) is 14.7 Å². The molecule has 8 nitrogen and oxygen atoms in total. The zero-order chi connectivity index (χ0) is 24.0. The molecule has 0 aliphatic heterocycles. The molecule has 2 heterocycles. The van der Waals surface area contributed by atoms with Crippen molar-refractivity contribution in [1.29, 1.82) is 0 Å². The van der Waals surface area contributed by atoms with E-state index in [-0.39, 0.29) is 10.6 Å². The van der Waals surface area contributed by atoms with Gasteiger partial charge in [0.15, 0.2) is 0 Å². The summed E-state index contributed by atoms with van der Waals surface area (Å²) in [7, 11) is -2.33. The molecule has 0 bridgehead atoms. The number of sulfonamides is 1. The first-order chi connectivity index (χ1) is 16.2. The second-order valence-electron chi connectivity index (χ2n) is 7.81. The lowest BCUT2D eigenvalue weighted by Crippen LogP contribution is -2.23. The van der Waals surface area contributed by atoms with Gasteiger partial charge in [-0.2, -0.15) is 0 Å². The Morgan fingerprint density at radius 1 is 1.00 bits per heavy atom. The highest BCUT2D eigenvalue weighted by molar-refractivity contribution is 7.92. The molecule has 0 radical (unpaired) electrons. The van der Waals surface area contributed by atoms with Crippen LogP contribution in [0.5, 0.6) is 0 Å². The second kappa shape index (κ2) is 8.19. The Morgan fingerprint density at radius 2 is 1.71 bits per heavy atom. The molecule has 0 atom stereocenters. The van der Waals surface area contributed by atoms with Crippen LogP contribution in [0.2, 0.25) is 5.02 Å². The average molecular weight is 494 g/mol. The van der Waals surface area contributed by atoms with Crippen molar-refractivity contribution in [2.75, 3.05) is 4.72 Å². The minimum atomic E-state index is -4.04. The van der Waals surface area contributed by atoms with E-state index in [0.29, 0.717) is 33.3 Å². The van der Waals surface area contributed by atoms with E-state index in [4.69, 9.17) is 11.6 Å². The Bertz CT molecular complexity index is 1680. The third-order valence-corrected chi connectivity index (χ3v) is 7.27. The van der Waals surface area contributed by atoms with Crippen LogP contribution < -0.4 is 10.3 Å². The number of anilines is 1. The number of H-pyrrole nitrogens is 1. The number of imidazole rings is 1. The molecule has 5 rings (SSSR count). The number of nitrogens with zero attached hydrogens (tertiary/aromatic N) is 3. The molecule has 0 spiro atoms. The Morgan fingerprint density at radius 3 is 2.41 bits per heavy atom. The molecule has 0 unspecified atom stereocenters. The Kier molecular flexibility index (Phi) is 5.30. The van der Waals surface area contributed by atoms with Gasteiger partial charge in [0, 0.05) is 17.6 Å². The molecule has 10 heteroatoms. The number of aromatic nitrogens is 4. The SMILES string of the molecule is Cc1c(NS(=O)(=O)c2ccc3nc(-c4ccc(Cl)cc4)[nH]c3c2)c(=O)n(-c2ccccc2)n1C. The van der Waals surface area contributed by atoms with E-state index >= 15 is 0 Å². The lowest BCUT2D eigenvalue weighted by atomic mass is 10.2. The molecule has 0 aliphatic rings. The van der Waals surface area contributed by atoms with Crippen molar-refractivity contribution in [2.24, 2.45) is 7.05 Å². The lowest BCUT2D eigenvalue weighted by molar-refractivity contribution is 0.601. The summed E-state index contributed by atoms with van der Waals surface area (Å²) in [5.41, 5.74) is 2.66. The topological polar surface area (TPSA) is 102 Å². The first-order valence-corrected chi connectivity index (χ1v) is 12.2. The lowest BCUT2D eigenvalue weighted by Gasteiger charge is -2.07. The summed E-state index contributed by atoms with van der Waals surface area (Å²) in [6.45, 7) is 1.69. The van der Waals surface area contributed by atoms with E-state index in [9.17, 15) is 13.2 Å². The quantitative estimate of drug-likeness (QED) is 0.377. The molecule has 2 N–H and O–H groups in total. The van der Waals surface area contributed by atoms with Gasteiger partial charge in [0.2, 0.25) is 0 Å². The van der Waals surface area contributed by atoms with Crippen LogP contribution in [0.15, 0.2) is 82.5 Å². The molecule has 0 fully saturated rings. The molecule has 2 aromatic heterocycles. The standard InChI is InChI=1S/C24H20ClN5O3S/c1-15-22(24(31)30(29(15)2)18-6-4-3-5-7-18)28-34(32,33)19-12-13-20-21(14-19)27-23(26-20)16-8-10-17(25)11-9-16/h3-14,28H,1-2H3,(H,26,27). The number of benzene rings is 3. The number of hydrogen-bond acceptors (Lipinski definition) is 4. The van der Waals surface area contributed by atoms with Crippen LogP contribution in [-0.4, -0.2) is 27.7 Å². The number of aromatic amines is 1. The zero-order valence-electron chi connectivity index (χ0n) is 18.3. The minimum Gasteiger partial charge on any atom is -0.338 e. The third kappa shape index (κ3) is 3.78. The van der Waals surface area contributed by atoms with Crippen molar-refractivity contribution >= 4 is 38.3 Å². The maximum atomic E-state index is 13.2. The monoisotopic (exact) mass is 493 g/mol. The van der Waals surface area contributed by atoms with Crippen LogP contribution in [0.3, 0.4) is 0 Å². The van der Waals surface area contributed by atoms with Gasteiger partial charge in [0.05, 0.1) is 27.3 Å². The van der Waals surface area contributed by atoms with Gasteiger partial charge < -0.3 is 4.98 Å². The van der Waals surface area contributed by atoms with Crippen LogP contribution in [0, 0.1) is 6.92 Å². The van der Waals surface area contributed by atoms with Crippen molar-refractivity contribution in [3.05, 3.63) is 93.9 Å². The van der Waals surface area contributed by atoms with E-state index in [1.165, 1.54) is 16.8 Å². The molecular weight excluding hydrogens is 474 g/mol. The number of fused-ring (bicyclic) bond motifs is 1. The summed E-state index contributed by atoms with van der Waals surface area (Å²) >= 11 is 5.95. The molecule has 0 aliphatic carbocycles. The Balaban J connectivity index is 1.52. The summed E-state index contributed by atoms with van der Waals surface area (Å²) in [4.78, 5) is 20.8. The fraction of sp³-hybridized carbons (Fsp3) is 0.0833. The van der Waals surface area contributed by atoms with Gasteiger partial charge in [-0.1, -0.05) is 29.8 Å². The van der Waals surface area contributed by atoms with Crippen LogP contribution in [0.4, 0.5) is 5.69 Å². The number of halogens is 1. The normalized spacial score (nSPS) is 11.7. The average Bonchev–Trinajstić information content (AvgIpc) is 3.34. The first-order valence-electron chi connectivity index (χ1n) is 10.4. The van der Waals surface area contributed by atoms with E-state index in [1.54, 1.807) is 49.0 Å². The van der Waals surface area contributed by atoms with Gasteiger partial charge in [-0.3, -0.25) is 14.2 Å². The summed E-state index contributed by atoms with van der Waals surface area (Å²) in [6.07, 6.45) is 0. The molecule has 0 saturated carbocycles. The van der Waals surface area contributed by atoms with Gasteiger partial charge in [0.25, 0.3) is 15.6 Å². The summed E-state index contributed by atoms with van der Waals surface area (Å²) in [6, 6.07) is 20.8. The highest BCUT2D eigenvalue weighted by Crippen LogP contribution is 2.25. The third-order valence-electron chi connectivity index (χ3n) is 5.67. The van der Waals surface area contributed by atoms with Crippen molar-refractivity contribution in [3.8, 4) is 17.1 Å². The predicted octanol–water partition coefficient (Wildman–Crippen LogP) is 4.48. The number of rotatable bonds is 5. The maximum absolute atomic E-state index is 13.2. The number of nitrogens with one attached hydrogen (secondary N) is 2. The molecular formula is C24H20ClN5O3S. The Labute approximate surface area is 200 Å². The highest BCUT2D eigenvalue weighted by atomic mass is 35.5. The first kappa shape index (κ1) is 22.0. The van der Waals surface area contributed by atoms with Gasteiger partial charge >= 0.3 is 0 Å². The number of hydrogen-bond donors (Lipinski definition) is 2. The Hall–Kier alpha value is -3.82. The molecule has 0 amide bonds. The summed E-state index contributed by atoms with van der Waals surface area (Å²) in [5.74, 6) is 0.596. The van der Waals surface area contributed by atoms with E-state index in [0.717, 1.165) is 5.56 Å². The molecule has 34 heavy (non-hydrogen) atoms. The smallest absolute Gasteiger partial charge is 0.296 e. The maximum Gasteiger partial charge on any atom is 0.296 e.